The van der Waals surface area contributed by atoms with Crippen molar-refractivity contribution in [2.45, 2.75) is 39.5 Å². The van der Waals surface area contributed by atoms with Crippen molar-refractivity contribution in [3.8, 4) is 0 Å². The molecule has 21 heavy (non-hydrogen) atoms. The van der Waals surface area contributed by atoms with E-state index in [1.807, 2.05) is 0 Å². The van der Waals surface area contributed by atoms with Crippen molar-refractivity contribution in [3.05, 3.63) is 21.4 Å². The number of carbonyl (C=O) groups is 2. The molecule has 0 radical (unpaired) electrons. The number of nitrogens with zero attached hydrogens (tertiary/aromatic N) is 1. The van der Waals surface area contributed by atoms with Gasteiger partial charge in [0, 0.05) is 29.3 Å². The van der Waals surface area contributed by atoms with Gasteiger partial charge in [0.05, 0.1) is 5.92 Å². The van der Waals surface area contributed by atoms with E-state index < -0.39 is 5.97 Å². The molecule has 1 aromatic heterocycles. The molecule has 1 aromatic rings. The quantitative estimate of drug-likeness (QED) is 0.902. The topological polar surface area (TPSA) is 57.6 Å². The van der Waals surface area contributed by atoms with Gasteiger partial charge in [-0.15, -0.1) is 23.7 Å². The summed E-state index contributed by atoms with van der Waals surface area (Å²) in [4.78, 5) is 27.2. The molecule has 1 unspecified atom stereocenters. The molecule has 0 bridgehead atoms. The molecule has 1 atom stereocenters. The number of carbonyl (C=O) groups excluding carboxylic acids is 1. The second kappa shape index (κ2) is 7.80. The average molecular weight is 332 g/mol. The minimum Gasteiger partial charge on any atom is -0.481 e. The number of likely N-dealkylation sites (tertiary alicyclic amines) is 1. The lowest BCUT2D eigenvalue weighted by molar-refractivity contribution is -0.141. The second-order valence-corrected chi connectivity index (χ2v) is 6.92. The molecule has 4 nitrogen and oxygen atoms in total. The minimum atomic E-state index is -0.787. The van der Waals surface area contributed by atoms with E-state index in [9.17, 15) is 9.59 Å². The van der Waals surface area contributed by atoms with Crippen LogP contribution in [0.1, 0.15) is 34.6 Å². The summed E-state index contributed by atoms with van der Waals surface area (Å²) in [5, 5.41) is 8.93. The fourth-order valence-corrected chi connectivity index (χ4v) is 3.68. The lowest BCUT2D eigenvalue weighted by atomic mass is 10.1. The van der Waals surface area contributed by atoms with Crippen LogP contribution in [0.5, 0.6) is 0 Å². The van der Waals surface area contributed by atoms with Gasteiger partial charge in [-0.1, -0.05) is 0 Å². The number of aliphatic carboxylic acids is 1. The Morgan fingerprint density at radius 3 is 2.67 bits per heavy atom. The zero-order valence-corrected chi connectivity index (χ0v) is 14.1. The Morgan fingerprint density at radius 1 is 1.43 bits per heavy atom. The van der Waals surface area contributed by atoms with E-state index >= 15 is 0 Å². The van der Waals surface area contributed by atoms with E-state index in [0.717, 1.165) is 12.8 Å². The zero-order valence-electron chi connectivity index (χ0n) is 12.4. The Balaban J connectivity index is 0.00000220. The Labute approximate surface area is 135 Å². The summed E-state index contributed by atoms with van der Waals surface area (Å²) in [6, 6.07) is 2.20. The lowest BCUT2D eigenvalue weighted by Crippen LogP contribution is -2.29. The van der Waals surface area contributed by atoms with Crippen LogP contribution in [0.2, 0.25) is 0 Å². The van der Waals surface area contributed by atoms with E-state index in [4.69, 9.17) is 5.11 Å². The highest BCUT2D eigenvalue weighted by Crippen LogP contribution is 2.23. The Bertz CT molecular complexity index is 515. The van der Waals surface area contributed by atoms with Gasteiger partial charge in [-0.05, 0) is 44.7 Å². The van der Waals surface area contributed by atoms with Gasteiger partial charge in [-0.25, -0.2) is 0 Å². The number of aryl methyl sites for hydroxylation is 3. The molecule has 118 valence electrons. The molecule has 1 fully saturated rings. The molecular weight excluding hydrogens is 310 g/mol. The molecular formula is C15H22ClNO3S. The van der Waals surface area contributed by atoms with Gasteiger partial charge in [0.1, 0.15) is 0 Å². The van der Waals surface area contributed by atoms with Gasteiger partial charge in [-0.2, -0.15) is 0 Å². The molecule has 2 heterocycles. The summed E-state index contributed by atoms with van der Waals surface area (Å²) < 4.78 is 0. The van der Waals surface area contributed by atoms with Crippen molar-refractivity contribution in [2.75, 3.05) is 13.1 Å². The fourth-order valence-electron chi connectivity index (χ4n) is 2.71. The predicted molar refractivity (Wildman–Crippen MR) is 86.3 cm³/mol. The Hall–Kier alpha value is -1.07. The highest BCUT2D eigenvalue weighted by atomic mass is 35.5. The third kappa shape index (κ3) is 4.71. The van der Waals surface area contributed by atoms with Gasteiger partial charge in [0.15, 0.2) is 0 Å². The van der Waals surface area contributed by atoms with Crippen molar-refractivity contribution in [3.63, 3.8) is 0 Å². The van der Waals surface area contributed by atoms with Gasteiger partial charge >= 0.3 is 5.97 Å². The molecule has 0 aromatic carbocycles. The summed E-state index contributed by atoms with van der Waals surface area (Å²) in [7, 11) is 0. The largest absolute Gasteiger partial charge is 0.481 e. The third-order valence-electron chi connectivity index (χ3n) is 3.87. The number of halogens is 1. The molecule has 0 aliphatic carbocycles. The number of amides is 1. The lowest BCUT2D eigenvalue weighted by Gasteiger charge is -2.15. The number of rotatable bonds is 5. The van der Waals surface area contributed by atoms with E-state index in [1.54, 1.807) is 16.2 Å². The van der Waals surface area contributed by atoms with Crippen LogP contribution in [0.3, 0.4) is 0 Å². The molecule has 1 aliphatic rings. The average Bonchev–Trinajstić information content (AvgIpc) is 2.97. The number of carboxylic acids is 1. The van der Waals surface area contributed by atoms with Crippen LogP contribution < -0.4 is 0 Å². The minimum absolute atomic E-state index is 0. The maximum atomic E-state index is 12.0. The summed E-state index contributed by atoms with van der Waals surface area (Å²) in [5.41, 5.74) is 1.34. The number of thiophene rings is 1. The fraction of sp³-hybridized carbons (Fsp3) is 0.600. The second-order valence-electron chi connectivity index (χ2n) is 5.46. The highest BCUT2D eigenvalue weighted by Gasteiger charge is 2.30. The summed E-state index contributed by atoms with van der Waals surface area (Å²) in [6.45, 7) is 5.19. The van der Waals surface area contributed by atoms with Gasteiger partial charge in [-0.3, -0.25) is 9.59 Å². The first-order valence-corrected chi connectivity index (χ1v) is 7.85. The van der Waals surface area contributed by atoms with Crippen molar-refractivity contribution in [2.24, 2.45) is 5.92 Å². The summed E-state index contributed by atoms with van der Waals surface area (Å²) in [6.07, 6.45) is 2.87. The van der Waals surface area contributed by atoms with Crippen LogP contribution in [0.25, 0.3) is 0 Å². The van der Waals surface area contributed by atoms with E-state index in [0.29, 0.717) is 25.9 Å². The monoisotopic (exact) mass is 331 g/mol. The van der Waals surface area contributed by atoms with E-state index in [-0.39, 0.29) is 24.2 Å². The first-order chi connectivity index (χ1) is 9.47. The van der Waals surface area contributed by atoms with Crippen LogP contribution in [0, 0.1) is 19.8 Å². The maximum absolute atomic E-state index is 12.0. The van der Waals surface area contributed by atoms with Crippen LogP contribution >= 0.6 is 23.7 Å². The molecule has 1 aliphatic heterocycles. The van der Waals surface area contributed by atoms with Crippen LogP contribution in [0.4, 0.5) is 0 Å². The van der Waals surface area contributed by atoms with Crippen molar-refractivity contribution >= 4 is 35.6 Å². The zero-order chi connectivity index (χ0) is 14.7. The van der Waals surface area contributed by atoms with E-state index in [1.165, 1.54) is 15.3 Å². The number of carboxylic acid groups (broad SMARTS) is 1. The molecule has 1 N–H and O–H groups in total. The molecule has 2 rings (SSSR count). The van der Waals surface area contributed by atoms with Crippen molar-refractivity contribution in [1.29, 1.82) is 0 Å². The van der Waals surface area contributed by atoms with Gasteiger partial charge < -0.3 is 10.0 Å². The normalized spacial score (nSPS) is 17.6. The Kier molecular flexibility index (Phi) is 6.68. The van der Waals surface area contributed by atoms with Crippen LogP contribution in [0.15, 0.2) is 6.07 Å². The summed E-state index contributed by atoms with van der Waals surface area (Å²) in [5.74, 6) is -1.07. The van der Waals surface area contributed by atoms with E-state index in [2.05, 4.69) is 19.9 Å². The molecule has 1 amide bonds. The first-order valence-electron chi connectivity index (χ1n) is 7.04. The molecule has 0 spiro atoms. The first kappa shape index (κ1) is 18.0. The van der Waals surface area contributed by atoms with Crippen LogP contribution in [-0.2, 0) is 16.0 Å². The maximum Gasteiger partial charge on any atom is 0.308 e. The van der Waals surface area contributed by atoms with Crippen LogP contribution in [-0.4, -0.2) is 35.0 Å². The molecule has 0 saturated carbocycles. The van der Waals surface area contributed by atoms with Gasteiger partial charge in [0.2, 0.25) is 5.91 Å². The van der Waals surface area contributed by atoms with Crippen molar-refractivity contribution in [1.82, 2.24) is 4.90 Å². The van der Waals surface area contributed by atoms with Gasteiger partial charge in [0.25, 0.3) is 0 Å². The third-order valence-corrected chi connectivity index (χ3v) is 4.88. The number of hydrogen-bond acceptors (Lipinski definition) is 3. The SMILES string of the molecule is Cc1cc(CCCC(=O)N2CCC(C(=O)O)C2)c(C)s1.Cl. The highest BCUT2D eigenvalue weighted by molar-refractivity contribution is 7.12. The number of hydrogen-bond donors (Lipinski definition) is 1. The standard InChI is InChI=1S/C15H21NO3S.ClH/c1-10-8-12(11(2)20-10)4-3-5-14(17)16-7-6-13(9-16)15(18)19;/h8,13H,3-7,9H2,1-2H3,(H,18,19);1H. The molecule has 1 saturated heterocycles. The Morgan fingerprint density at radius 2 is 2.14 bits per heavy atom. The predicted octanol–water partition coefficient (Wildman–Crippen LogP) is 3.04. The smallest absolute Gasteiger partial charge is 0.308 e. The van der Waals surface area contributed by atoms with Crippen molar-refractivity contribution < 1.29 is 14.7 Å². The molecule has 6 heteroatoms. The summed E-state index contributed by atoms with van der Waals surface area (Å²) >= 11 is 1.80.